The van der Waals surface area contributed by atoms with E-state index in [-0.39, 0.29) is 5.78 Å². The molecule has 0 radical (unpaired) electrons. The largest absolute Gasteiger partial charge is 0.361 e. The number of Topliss-reactive ketones (excluding diaryl/α,β-unsaturated/α-hetero) is 1. The summed E-state index contributed by atoms with van der Waals surface area (Å²) in [4.78, 5) is 15.2. The maximum atomic E-state index is 11.9. The summed E-state index contributed by atoms with van der Waals surface area (Å²) < 4.78 is 0. The zero-order valence-electron chi connectivity index (χ0n) is 12.0. The molecule has 0 bridgehead atoms. The van der Waals surface area contributed by atoms with Crippen molar-refractivity contribution in [3.63, 3.8) is 0 Å². The van der Waals surface area contributed by atoms with Gasteiger partial charge in [0.15, 0.2) is 5.78 Å². The highest BCUT2D eigenvalue weighted by molar-refractivity contribution is 5.99. The molecule has 104 valence electrons. The van der Waals surface area contributed by atoms with E-state index in [1.54, 1.807) is 6.92 Å². The number of aromatic nitrogens is 1. The second-order valence-corrected chi connectivity index (χ2v) is 5.17. The molecule has 3 rings (SSSR count). The number of nitrogens with one attached hydrogen (secondary N) is 1. The molecule has 21 heavy (non-hydrogen) atoms. The van der Waals surface area contributed by atoms with Crippen LogP contribution in [0.5, 0.6) is 0 Å². The van der Waals surface area contributed by atoms with Crippen LogP contribution in [-0.2, 0) is 11.2 Å². The van der Waals surface area contributed by atoms with Crippen molar-refractivity contribution >= 4 is 22.8 Å². The highest BCUT2D eigenvalue weighted by atomic mass is 16.1. The van der Waals surface area contributed by atoms with Crippen LogP contribution >= 0.6 is 0 Å². The summed E-state index contributed by atoms with van der Waals surface area (Å²) in [6.45, 7) is 1.63. The Morgan fingerprint density at radius 3 is 2.52 bits per heavy atom. The number of allylic oxidation sites excluding steroid dienone is 1. The first-order chi connectivity index (χ1) is 10.2. The Labute approximate surface area is 124 Å². The summed E-state index contributed by atoms with van der Waals surface area (Å²) >= 11 is 0. The van der Waals surface area contributed by atoms with E-state index in [0.29, 0.717) is 6.42 Å². The lowest BCUT2D eigenvalue weighted by Gasteiger charge is -2.04. The molecule has 2 heteroatoms. The molecule has 0 aliphatic rings. The van der Waals surface area contributed by atoms with Gasteiger partial charge in [-0.05, 0) is 35.8 Å². The average molecular weight is 275 g/mol. The van der Waals surface area contributed by atoms with Crippen molar-refractivity contribution in [2.24, 2.45) is 0 Å². The molecule has 1 aromatic heterocycles. The molecular weight excluding hydrogens is 258 g/mol. The van der Waals surface area contributed by atoms with Gasteiger partial charge >= 0.3 is 0 Å². The predicted molar refractivity (Wildman–Crippen MR) is 87.1 cm³/mol. The van der Waals surface area contributed by atoms with E-state index >= 15 is 0 Å². The van der Waals surface area contributed by atoms with E-state index in [1.165, 1.54) is 5.39 Å². The lowest BCUT2D eigenvalue weighted by Crippen LogP contribution is -2.00. The lowest BCUT2D eigenvalue weighted by atomic mass is 9.99. The number of hydrogen-bond acceptors (Lipinski definition) is 1. The molecular formula is C19H17NO. The maximum Gasteiger partial charge on any atom is 0.156 e. The van der Waals surface area contributed by atoms with E-state index in [2.05, 4.69) is 11.1 Å². The highest BCUT2D eigenvalue weighted by Gasteiger charge is 2.09. The smallest absolute Gasteiger partial charge is 0.156 e. The Bertz CT molecular complexity index is 797. The molecule has 0 amide bonds. The third-order valence-corrected chi connectivity index (χ3v) is 3.65. The first kappa shape index (κ1) is 13.4. The Morgan fingerprint density at radius 1 is 1.05 bits per heavy atom. The van der Waals surface area contributed by atoms with Crippen LogP contribution in [-0.4, -0.2) is 10.8 Å². The van der Waals surface area contributed by atoms with E-state index in [9.17, 15) is 4.79 Å². The molecule has 1 heterocycles. The van der Waals surface area contributed by atoms with Gasteiger partial charge in [-0.2, -0.15) is 0 Å². The van der Waals surface area contributed by atoms with Crippen molar-refractivity contribution in [2.75, 3.05) is 0 Å². The topological polar surface area (TPSA) is 32.9 Å². The Balaban J connectivity index is 1.96. The molecule has 1 N–H and O–H groups in total. The number of carbonyl (C=O) groups is 1. The molecule has 0 saturated carbocycles. The van der Waals surface area contributed by atoms with Crippen LogP contribution in [0.4, 0.5) is 0 Å². The monoisotopic (exact) mass is 275 g/mol. The zero-order valence-corrected chi connectivity index (χ0v) is 12.0. The SMILES string of the molecule is CC(=O)/C(=C\c1ccccc1)Cc1c[nH]c2ccccc12. The van der Waals surface area contributed by atoms with Crippen LogP contribution in [0.15, 0.2) is 66.4 Å². The standard InChI is InChI=1S/C19H17NO/c1-14(21)16(11-15-7-3-2-4-8-15)12-17-13-20-19-10-6-5-9-18(17)19/h2-11,13,20H,12H2,1H3/b16-11-. The lowest BCUT2D eigenvalue weighted by molar-refractivity contribution is -0.113. The van der Waals surface area contributed by atoms with Gasteiger partial charge in [0.2, 0.25) is 0 Å². The molecule has 0 unspecified atom stereocenters. The van der Waals surface area contributed by atoms with Gasteiger partial charge < -0.3 is 4.98 Å². The normalized spacial score (nSPS) is 11.8. The minimum Gasteiger partial charge on any atom is -0.361 e. The predicted octanol–water partition coefficient (Wildman–Crippen LogP) is 4.38. The maximum absolute atomic E-state index is 11.9. The number of para-hydroxylation sites is 1. The molecule has 0 fully saturated rings. The minimum absolute atomic E-state index is 0.115. The number of rotatable bonds is 4. The summed E-state index contributed by atoms with van der Waals surface area (Å²) in [5.74, 6) is 0.115. The number of aromatic amines is 1. The minimum atomic E-state index is 0.115. The number of fused-ring (bicyclic) bond motifs is 1. The Kier molecular flexibility index (Phi) is 3.69. The quantitative estimate of drug-likeness (QED) is 0.704. The number of H-pyrrole nitrogens is 1. The van der Waals surface area contributed by atoms with E-state index < -0.39 is 0 Å². The number of carbonyl (C=O) groups excluding carboxylic acids is 1. The van der Waals surface area contributed by atoms with Gasteiger partial charge in [0.25, 0.3) is 0 Å². The van der Waals surface area contributed by atoms with Crippen LogP contribution in [0.25, 0.3) is 17.0 Å². The summed E-state index contributed by atoms with van der Waals surface area (Å²) in [6.07, 6.45) is 4.62. The van der Waals surface area contributed by atoms with Gasteiger partial charge in [-0.15, -0.1) is 0 Å². The Morgan fingerprint density at radius 2 is 1.76 bits per heavy atom. The van der Waals surface area contributed by atoms with Gasteiger partial charge in [-0.1, -0.05) is 48.5 Å². The van der Waals surface area contributed by atoms with Crippen molar-refractivity contribution in [3.05, 3.63) is 77.5 Å². The number of hydrogen-bond donors (Lipinski definition) is 1. The third kappa shape index (κ3) is 2.95. The highest BCUT2D eigenvalue weighted by Crippen LogP contribution is 2.22. The molecule has 0 atom stereocenters. The molecule has 2 nitrogen and oxygen atoms in total. The molecule has 0 spiro atoms. The number of ketones is 1. The fourth-order valence-electron chi connectivity index (χ4n) is 2.51. The molecule has 0 aliphatic carbocycles. The summed E-state index contributed by atoms with van der Waals surface area (Å²) in [5, 5.41) is 1.18. The molecule has 3 aromatic rings. The van der Waals surface area contributed by atoms with Crippen molar-refractivity contribution in [2.45, 2.75) is 13.3 Å². The average Bonchev–Trinajstić information content (AvgIpc) is 2.91. The fraction of sp³-hybridized carbons (Fsp3) is 0.105. The second kappa shape index (κ2) is 5.80. The summed E-state index contributed by atoms with van der Waals surface area (Å²) in [7, 11) is 0. The Hall–Kier alpha value is -2.61. The van der Waals surface area contributed by atoms with Crippen LogP contribution in [0, 0.1) is 0 Å². The van der Waals surface area contributed by atoms with Crippen molar-refractivity contribution in [3.8, 4) is 0 Å². The zero-order chi connectivity index (χ0) is 14.7. The van der Waals surface area contributed by atoms with Crippen molar-refractivity contribution < 1.29 is 4.79 Å². The van der Waals surface area contributed by atoms with Gasteiger partial charge in [-0.25, -0.2) is 0 Å². The summed E-state index contributed by atoms with van der Waals surface area (Å²) in [6, 6.07) is 18.1. The fourth-order valence-corrected chi connectivity index (χ4v) is 2.51. The first-order valence-electron chi connectivity index (χ1n) is 7.05. The molecule has 0 saturated heterocycles. The molecule has 0 aliphatic heterocycles. The summed E-state index contributed by atoms with van der Waals surface area (Å²) in [5.41, 5.74) is 4.14. The van der Waals surface area contributed by atoms with Crippen molar-refractivity contribution in [1.82, 2.24) is 4.98 Å². The van der Waals surface area contributed by atoms with Crippen LogP contribution < -0.4 is 0 Å². The van der Waals surface area contributed by atoms with Crippen LogP contribution in [0.2, 0.25) is 0 Å². The third-order valence-electron chi connectivity index (χ3n) is 3.65. The van der Waals surface area contributed by atoms with E-state index in [4.69, 9.17) is 0 Å². The van der Waals surface area contributed by atoms with Crippen LogP contribution in [0.3, 0.4) is 0 Å². The van der Waals surface area contributed by atoms with Gasteiger partial charge in [-0.3, -0.25) is 4.79 Å². The first-order valence-corrected chi connectivity index (χ1v) is 7.05. The van der Waals surface area contributed by atoms with Gasteiger partial charge in [0.05, 0.1) is 0 Å². The van der Waals surface area contributed by atoms with E-state index in [0.717, 1.165) is 22.2 Å². The number of benzene rings is 2. The van der Waals surface area contributed by atoms with Crippen LogP contribution in [0.1, 0.15) is 18.1 Å². The molecule has 2 aromatic carbocycles. The van der Waals surface area contributed by atoms with Gasteiger partial charge in [0.1, 0.15) is 0 Å². The van der Waals surface area contributed by atoms with E-state index in [1.807, 2.05) is 60.8 Å². The second-order valence-electron chi connectivity index (χ2n) is 5.17. The van der Waals surface area contributed by atoms with Crippen molar-refractivity contribution in [1.29, 1.82) is 0 Å². The van der Waals surface area contributed by atoms with Gasteiger partial charge in [0, 0.05) is 23.5 Å².